The molecule has 6 nitrogen and oxygen atoms in total. The molecule has 2 atom stereocenters. The fourth-order valence-electron chi connectivity index (χ4n) is 4.29. The van der Waals surface area contributed by atoms with Gasteiger partial charge in [-0.2, -0.15) is 0 Å². The highest BCUT2D eigenvalue weighted by Gasteiger charge is 2.29. The van der Waals surface area contributed by atoms with Gasteiger partial charge in [0.05, 0.1) is 0 Å². The van der Waals surface area contributed by atoms with Crippen LogP contribution in [-0.4, -0.2) is 41.0 Å². The average Bonchev–Trinajstić information content (AvgIpc) is 3.11. The Morgan fingerprint density at radius 2 is 1.93 bits per heavy atom. The molecule has 142 valence electrons. The maximum Gasteiger partial charge on any atom is 0.286 e. The van der Waals surface area contributed by atoms with Crippen LogP contribution in [0.5, 0.6) is 0 Å². The van der Waals surface area contributed by atoms with Gasteiger partial charge in [-0.25, -0.2) is 9.97 Å². The third kappa shape index (κ3) is 3.67. The van der Waals surface area contributed by atoms with Gasteiger partial charge in [0.2, 0.25) is 5.82 Å². The third-order valence-corrected chi connectivity index (χ3v) is 5.89. The van der Waals surface area contributed by atoms with Crippen LogP contribution < -0.4 is 16.0 Å². The molecular weight excluding hydrogens is 338 g/mol. The lowest BCUT2D eigenvalue weighted by Crippen LogP contribution is -2.43. The number of carbonyl (C=O) groups excluding carboxylic acids is 1. The van der Waals surface area contributed by atoms with E-state index < -0.39 is 5.91 Å². The number of benzene rings is 1. The van der Waals surface area contributed by atoms with Crippen molar-refractivity contribution in [1.82, 2.24) is 15.3 Å². The van der Waals surface area contributed by atoms with Gasteiger partial charge in [-0.3, -0.25) is 4.79 Å². The Hall–Kier alpha value is -2.47. The van der Waals surface area contributed by atoms with Crippen molar-refractivity contribution in [2.24, 2.45) is 5.73 Å². The summed E-state index contributed by atoms with van der Waals surface area (Å²) in [6, 6.07) is 9.73. The number of nitrogens with zero attached hydrogens (tertiary/aromatic N) is 3. The summed E-state index contributed by atoms with van der Waals surface area (Å²) in [6.07, 6.45) is 4.51. The number of rotatable bonds is 4. The second-order valence-corrected chi connectivity index (χ2v) is 7.75. The van der Waals surface area contributed by atoms with Crippen LogP contribution in [0, 0.1) is 13.8 Å². The van der Waals surface area contributed by atoms with Crippen LogP contribution in [0.25, 0.3) is 0 Å². The zero-order valence-corrected chi connectivity index (χ0v) is 16.0. The number of amides is 1. The van der Waals surface area contributed by atoms with Crippen LogP contribution in [0.15, 0.2) is 24.3 Å². The third-order valence-electron chi connectivity index (χ3n) is 5.89. The summed E-state index contributed by atoms with van der Waals surface area (Å²) in [5, 5.41) is 3.85. The molecule has 1 aliphatic carbocycles. The molecule has 1 fully saturated rings. The smallest absolute Gasteiger partial charge is 0.286 e. The Bertz CT molecular complexity index is 866. The minimum absolute atomic E-state index is 0.105. The standard InChI is InChI=1S/C21H27N5O/c1-13-14(2)23-20(19(22)27)25-21(13)26-10-9-18(12-26)24-17-8-7-15-5-3-4-6-16(15)11-17/h3-6,17-18,24H,7-12H2,1-2H3,(H2,22,27)/t17?,18-/m1/s1. The van der Waals surface area contributed by atoms with Gasteiger partial charge < -0.3 is 16.0 Å². The highest BCUT2D eigenvalue weighted by atomic mass is 16.1. The Kier molecular flexibility index (Phi) is 4.83. The van der Waals surface area contributed by atoms with Crippen molar-refractivity contribution >= 4 is 11.7 Å². The topological polar surface area (TPSA) is 84.1 Å². The molecule has 1 aromatic heterocycles. The fourth-order valence-corrected chi connectivity index (χ4v) is 4.29. The number of hydrogen-bond donors (Lipinski definition) is 2. The summed E-state index contributed by atoms with van der Waals surface area (Å²) in [5.74, 6) is 0.372. The van der Waals surface area contributed by atoms with Crippen LogP contribution in [0.2, 0.25) is 0 Å². The van der Waals surface area contributed by atoms with Crippen LogP contribution in [0.4, 0.5) is 5.82 Å². The van der Waals surface area contributed by atoms with E-state index in [9.17, 15) is 4.79 Å². The molecule has 0 spiro atoms. The van der Waals surface area contributed by atoms with Crippen molar-refractivity contribution in [3.05, 3.63) is 52.5 Å². The molecule has 0 bridgehead atoms. The number of fused-ring (bicyclic) bond motifs is 1. The lowest BCUT2D eigenvalue weighted by molar-refractivity contribution is 0.0990. The number of nitrogens with one attached hydrogen (secondary N) is 1. The molecule has 2 aromatic rings. The second kappa shape index (κ2) is 7.27. The molecular formula is C21H27N5O. The molecule has 1 aromatic carbocycles. The van der Waals surface area contributed by atoms with Gasteiger partial charge in [0.25, 0.3) is 5.91 Å². The number of anilines is 1. The Labute approximate surface area is 160 Å². The predicted octanol–water partition coefficient (Wildman–Crippen LogP) is 1.92. The van der Waals surface area contributed by atoms with Crippen LogP contribution in [0.1, 0.15) is 45.8 Å². The molecule has 0 saturated carbocycles. The molecule has 1 amide bonds. The van der Waals surface area contributed by atoms with Crippen molar-refractivity contribution < 1.29 is 4.79 Å². The van der Waals surface area contributed by atoms with Gasteiger partial charge in [0, 0.05) is 36.4 Å². The Morgan fingerprint density at radius 3 is 2.70 bits per heavy atom. The van der Waals surface area contributed by atoms with E-state index in [0.29, 0.717) is 12.1 Å². The fraction of sp³-hybridized carbons (Fsp3) is 0.476. The van der Waals surface area contributed by atoms with E-state index in [-0.39, 0.29) is 5.82 Å². The molecule has 2 aliphatic rings. The summed E-state index contributed by atoms with van der Waals surface area (Å²) in [6.45, 7) is 5.73. The van der Waals surface area contributed by atoms with Gasteiger partial charge >= 0.3 is 0 Å². The normalized spacial score (nSPS) is 21.9. The van der Waals surface area contributed by atoms with Gasteiger partial charge in [0.1, 0.15) is 5.82 Å². The first kappa shape index (κ1) is 17.9. The van der Waals surface area contributed by atoms with E-state index in [4.69, 9.17) is 5.73 Å². The highest BCUT2D eigenvalue weighted by molar-refractivity contribution is 5.89. The zero-order chi connectivity index (χ0) is 19.0. The Balaban J connectivity index is 1.43. The first-order valence-corrected chi connectivity index (χ1v) is 9.74. The molecule has 2 heterocycles. The van der Waals surface area contributed by atoms with Crippen molar-refractivity contribution in [1.29, 1.82) is 0 Å². The quantitative estimate of drug-likeness (QED) is 0.865. The number of aromatic nitrogens is 2. The molecule has 6 heteroatoms. The van der Waals surface area contributed by atoms with Crippen LogP contribution in [0.3, 0.4) is 0 Å². The summed E-state index contributed by atoms with van der Waals surface area (Å²) >= 11 is 0. The summed E-state index contributed by atoms with van der Waals surface area (Å²) in [4.78, 5) is 22.4. The molecule has 27 heavy (non-hydrogen) atoms. The minimum Gasteiger partial charge on any atom is -0.363 e. The van der Waals surface area contributed by atoms with E-state index in [1.54, 1.807) is 0 Å². The van der Waals surface area contributed by atoms with E-state index in [1.165, 1.54) is 17.5 Å². The number of hydrogen-bond acceptors (Lipinski definition) is 5. The van der Waals surface area contributed by atoms with Crippen molar-refractivity contribution in [2.45, 2.75) is 51.6 Å². The maximum atomic E-state index is 11.5. The summed E-state index contributed by atoms with van der Waals surface area (Å²) in [7, 11) is 0. The molecule has 0 radical (unpaired) electrons. The van der Waals surface area contributed by atoms with Crippen molar-refractivity contribution in [3.8, 4) is 0 Å². The SMILES string of the molecule is Cc1nc(C(N)=O)nc(N2CC[C@@H](NC3CCc4ccccc4C3)C2)c1C. The minimum atomic E-state index is -0.575. The number of aryl methyl sites for hydroxylation is 2. The van der Waals surface area contributed by atoms with E-state index in [1.807, 2.05) is 13.8 Å². The maximum absolute atomic E-state index is 11.5. The predicted molar refractivity (Wildman–Crippen MR) is 106 cm³/mol. The number of nitrogens with two attached hydrogens (primary N) is 1. The first-order valence-electron chi connectivity index (χ1n) is 9.74. The second-order valence-electron chi connectivity index (χ2n) is 7.75. The van der Waals surface area contributed by atoms with E-state index in [2.05, 4.69) is 44.5 Å². The molecule has 4 rings (SSSR count). The summed E-state index contributed by atoms with van der Waals surface area (Å²) < 4.78 is 0. The molecule has 1 unspecified atom stereocenters. The Morgan fingerprint density at radius 1 is 1.15 bits per heavy atom. The molecule has 1 saturated heterocycles. The van der Waals surface area contributed by atoms with Crippen LogP contribution in [-0.2, 0) is 12.8 Å². The number of carbonyl (C=O) groups is 1. The van der Waals surface area contributed by atoms with Gasteiger partial charge in [-0.05, 0) is 50.7 Å². The molecule has 3 N–H and O–H groups in total. The van der Waals surface area contributed by atoms with Gasteiger partial charge in [-0.1, -0.05) is 24.3 Å². The highest BCUT2D eigenvalue weighted by Crippen LogP contribution is 2.26. The monoisotopic (exact) mass is 365 g/mol. The van der Waals surface area contributed by atoms with Gasteiger partial charge in [-0.15, -0.1) is 0 Å². The lowest BCUT2D eigenvalue weighted by atomic mass is 9.88. The summed E-state index contributed by atoms with van der Waals surface area (Å²) in [5.41, 5.74) is 10.2. The van der Waals surface area contributed by atoms with Crippen LogP contribution >= 0.6 is 0 Å². The average molecular weight is 365 g/mol. The van der Waals surface area contributed by atoms with Crippen molar-refractivity contribution in [2.75, 3.05) is 18.0 Å². The number of primary amides is 1. The largest absolute Gasteiger partial charge is 0.363 e. The van der Waals surface area contributed by atoms with Gasteiger partial charge in [0.15, 0.2) is 0 Å². The first-order chi connectivity index (χ1) is 13.0. The van der Waals surface area contributed by atoms with E-state index in [0.717, 1.165) is 49.4 Å². The molecule has 1 aliphatic heterocycles. The zero-order valence-electron chi connectivity index (χ0n) is 16.0. The lowest BCUT2D eigenvalue weighted by Gasteiger charge is -2.28. The van der Waals surface area contributed by atoms with Crippen molar-refractivity contribution in [3.63, 3.8) is 0 Å². The van der Waals surface area contributed by atoms with E-state index >= 15 is 0 Å².